The number of nitrogens with zero attached hydrogens (tertiary/aromatic N) is 3. The predicted octanol–water partition coefficient (Wildman–Crippen LogP) is 2.25. The van der Waals surface area contributed by atoms with Gasteiger partial charge in [0.25, 0.3) is 6.43 Å². The SMILES string of the molecule is Cc1nccc(N(CCBr)CC(F)F)n1. The van der Waals surface area contributed by atoms with Crippen LogP contribution in [0.3, 0.4) is 0 Å². The number of hydrogen-bond donors (Lipinski definition) is 0. The third-order valence-electron chi connectivity index (χ3n) is 1.80. The Morgan fingerprint density at radius 2 is 2.27 bits per heavy atom. The van der Waals surface area contributed by atoms with Crippen molar-refractivity contribution in [2.45, 2.75) is 13.3 Å². The molecular formula is C9H12BrF2N3. The highest BCUT2D eigenvalue weighted by Gasteiger charge is 2.13. The molecule has 0 amide bonds. The van der Waals surface area contributed by atoms with Crippen LogP contribution in [-0.2, 0) is 0 Å². The molecule has 0 atom stereocenters. The lowest BCUT2D eigenvalue weighted by Gasteiger charge is -2.22. The second-order valence-electron chi connectivity index (χ2n) is 2.99. The van der Waals surface area contributed by atoms with Crippen molar-refractivity contribution in [1.29, 1.82) is 0 Å². The van der Waals surface area contributed by atoms with Crippen LogP contribution in [0.1, 0.15) is 5.82 Å². The van der Waals surface area contributed by atoms with Gasteiger partial charge in [0.15, 0.2) is 0 Å². The second kappa shape index (κ2) is 5.95. The van der Waals surface area contributed by atoms with Crippen molar-refractivity contribution in [3.63, 3.8) is 0 Å². The van der Waals surface area contributed by atoms with Gasteiger partial charge in [-0.1, -0.05) is 15.9 Å². The van der Waals surface area contributed by atoms with Crippen LogP contribution in [0.4, 0.5) is 14.6 Å². The lowest BCUT2D eigenvalue weighted by molar-refractivity contribution is 0.155. The lowest BCUT2D eigenvalue weighted by atomic mass is 10.4. The molecule has 1 aromatic heterocycles. The molecule has 1 heterocycles. The van der Waals surface area contributed by atoms with Gasteiger partial charge in [0.05, 0.1) is 6.54 Å². The Morgan fingerprint density at radius 3 is 2.80 bits per heavy atom. The van der Waals surface area contributed by atoms with Crippen LogP contribution in [0.25, 0.3) is 0 Å². The highest BCUT2D eigenvalue weighted by atomic mass is 79.9. The standard InChI is InChI=1S/C9H12BrF2N3/c1-7-13-4-2-9(14-7)15(5-3-10)6-8(11)12/h2,4,8H,3,5-6H2,1H3. The Bertz CT molecular complexity index is 309. The van der Waals surface area contributed by atoms with Crippen LogP contribution < -0.4 is 4.90 Å². The molecule has 0 aliphatic carbocycles. The van der Waals surface area contributed by atoms with Gasteiger partial charge in [-0.2, -0.15) is 0 Å². The van der Waals surface area contributed by atoms with Crippen molar-refractivity contribution in [3.05, 3.63) is 18.1 Å². The quantitative estimate of drug-likeness (QED) is 0.775. The molecule has 0 aliphatic rings. The first-order valence-corrected chi connectivity index (χ1v) is 5.64. The topological polar surface area (TPSA) is 29.0 Å². The molecule has 1 aromatic rings. The molecule has 0 N–H and O–H groups in total. The molecule has 0 fully saturated rings. The monoisotopic (exact) mass is 279 g/mol. The molecule has 1 rings (SSSR count). The van der Waals surface area contributed by atoms with E-state index in [0.717, 1.165) is 0 Å². The number of halogens is 3. The molecule has 3 nitrogen and oxygen atoms in total. The van der Waals surface area contributed by atoms with Gasteiger partial charge in [-0.15, -0.1) is 0 Å². The molecule has 0 unspecified atom stereocenters. The molecule has 0 spiro atoms. The van der Waals surface area contributed by atoms with E-state index >= 15 is 0 Å². The average Bonchev–Trinajstić information content (AvgIpc) is 2.16. The van der Waals surface area contributed by atoms with Gasteiger partial charge < -0.3 is 4.90 Å². The Hall–Kier alpha value is -0.780. The van der Waals surface area contributed by atoms with E-state index in [9.17, 15) is 8.78 Å². The first-order valence-electron chi connectivity index (χ1n) is 4.52. The fraction of sp³-hybridized carbons (Fsp3) is 0.556. The zero-order chi connectivity index (χ0) is 11.3. The van der Waals surface area contributed by atoms with Crippen molar-refractivity contribution in [1.82, 2.24) is 9.97 Å². The Kier molecular flexibility index (Phi) is 4.87. The van der Waals surface area contributed by atoms with E-state index in [4.69, 9.17) is 0 Å². The van der Waals surface area contributed by atoms with Gasteiger partial charge >= 0.3 is 0 Å². The summed E-state index contributed by atoms with van der Waals surface area (Å²) < 4.78 is 24.6. The largest absolute Gasteiger partial charge is 0.350 e. The van der Waals surface area contributed by atoms with E-state index in [-0.39, 0.29) is 6.54 Å². The summed E-state index contributed by atoms with van der Waals surface area (Å²) in [6.45, 7) is 1.93. The van der Waals surface area contributed by atoms with Crippen LogP contribution in [-0.4, -0.2) is 34.8 Å². The molecule has 0 saturated heterocycles. The minimum Gasteiger partial charge on any atom is -0.350 e. The maximum atomic E-state index is 12.3. The molecule has 0 aliphatic heterocycles. The zero-order valence-electron chi connectivity index (χ0n) is 8.33. The van der Waals surface area contributed by atoms with E-state index in [1.54, 1.807) is 19.2 Å². The minimum atomic E-state index is -2.36. The number of anilines is 1. The number of aromatic nitrogens is 2. The van der Waals surface area contributed by atoms with E-state index in [2.05, 4.69) is 25.9 Å². The Balaban J connectivity index is 2.78. The minimum absolute atomic E-state index is 0.304. The van der Waals surface area contributed by atoms with Gasteiger partial charge in [-0.25, -0.2) is 18.7 Å². The summed E-state index contributed by atoms with van der Waals surface area (Å²) in [6, 6.07) is 1.64. The van der Waals surface area contributed by atoms with Crippen molar-refractivity contribution in [2.24, 2.45) is 0 Å². The van der Waals surface area contributed by atoms with Crippen molar-refractivity contribution in [2.75, 3.05) is 23.3 Å². The summed E-state index contributed by atoms with van der Waals surface area (Å²) >= 11 is 3.23. The first kappa shape index (κ1) is 12.3. The van der Waals surface area contributed by atoms with Crippen LogP contribution in [0, 0.1) is 6.92 Å². The van der Waals surface area contributed by atoms with E-state index in [1.165, 1.54) is 4.90 Å². The van der Waals surface area contributed by atoms with Crippen molar-refractivity contribution in [3.8, 4) is 0 Å². The van der Waals surface area contributed by atoms with Crippen LogP contribution in [0.2, 0.25) is 0 Å². The molecule has 84 valence electrons. The van der Waals surface area contributed by atoms with Gasteiger partial charge in [0.2, 0.25) is 0 Å². The summed E-state index contributed by atoms with van der Waals surface area (Å²) in [7, 11) is 0. The molecule has 6 heteroatoms. The van der Waals surface area contributed by atoms with E-state index in [1.807, 2.05) is 0 Å². The summed E-state index contributed by atoms with van der Waals surface area (Å²) in [4.78, 5) is 9.57. The second-order valence-corrected chi connectivity index (χ2v) is 3.78. The first-order chi connectivity index (χ1) is 7.13. The summed E-state index contributed by atoms with van der Waals surface area (Å²) in [5.41, 5.74) is 0. The average molecular weight is 280 g/mol. The Morgan fingerprint density at radius 1 is 1.53 bits per heavy atom. The van der Waals surface area contributed by atoms with Crippen LogP contribution in [0.15, 0.2) is 12.3 Å². The third-order valence-corrected chi connectivity index (χ3v) is 2.15. The Labute approximate surface area is 95.7 Å². The summed E-state index contributed by atoms with van der Waals surface area (Å²) in [5, 5.41) is 0.628. The number of rotatable bonds is 5. The van der Waals surface area contributed by atoms with E-state index < -0.39 is 6.43 Å². The maximum Gasteiger partial charge on any atom is 0.255 e. The fourth-order valence-electron chi connectivity index (χ4n) is 1.19. The zero-order valence-corrected chi connectivity index (χ0v) is 9.91. The molecule has 0 radical (unpaired) electrons. The van der Waals surface area contributed by atoms with Crippen molar-refractivity contribution >= 4 is 21.7 Å². The highest BCUT2D eigenvalue weighted by molar-refractivity contribution is 9.09. The van der Waals surface area contributed by atoms with Gasteiger partial charge in [-0.3, -0.25) is 0 Å². The molecule has 0 aromatic carbocycles. The van der Waals surface area contributed by atoms with Crippen LogP contribution >= 0.6 is 15.9 Å². The predicted molar refractivity (Wildman–Crippen MR) is 58.8 cm³/mol. The molecule has 15 heavy (non-hydrogen) atoms. The van der Waals surface area contributed by atoms with Crippen LogP contribution in [0.5, 0.6) is 0 Å². The molecule has 0 saturated carbocycles. The highest BCUT2D eigenvalue weighted by Crippen LogP contribution is 2.12. The molecule has 0 bridgehead atoms. The number of alkyl halides is 3. The summed E-state index contributed by atoms with van der Waals surface area (Å²) in [5.74, 6) is 1.13. The smallest absolute Gasteiger partial charge is 0.255 e. The lowest BCUT2D eigenvalue weighted by Crippen LogP contribution is -2.31. The fourth-order valence-corrected chi connectivity index (χ4v) is 1.62. The van der Waals surface area contributed by atoms with E-state index in [0.29, 0.717) is 23.5 Å². The van der Waals surface area contributed by atoms with Gasteiger partial charge in [-0.05, 0) is 13.0 Å². The van der Waals surface area contributed by atoms with Crippen molar-refractivity contribution < 1.29 is 8.78 Å². The normalized spacial score (nSPS) is 10.7. The third kappa shape index (κ3) is 4.07. The maximum absolute atomic E-state index is 12.3. The summed E-state index contributed by atoms with van der Waals surface area (Å²) in [6.07, 6.45) is -0.788. The van der Waals surface area contributed by atoms with Gasteiger partial charge in [0, 0.05) is 18.1 Å². The van der Waals surface area contributed by atoms with Gasteiger partial charge in [0.1, 0.15) is 11.6 Å². The number of aryl methyl sites for hydroxylation is 1. The number of hydrogen-bond acceptors (Lipinski definition) is 3. The molecular weight excluding hydrogens is 268 g/mol.